The Labute approximate surface area is 103 Å². The summed E-state index contributed by atoms with van der Waals surface area (Å²) in [6, 6.07) is 5.09. The zero-order valence-corrected chi connectivity index (χ0v) is 10.0. The Morgan fingerprint density at radius 2 is 1.94 bits per heavy atom. The van der Waals surface area contributed by atoms with E-state index in [0.717, 1.165) is 5.69 Å². The molecule has 2 rings (SSSR count). The molecule has 2 aromatic rings. The zero-order chi connectivity index (χ0) is 11.9. The number of nitrogens with zero attached hydrogens (tertiary/aromatic N) is 1. The highest BCUT2D eigenvalue weighted by Gasteiger charge is 2.12. The van der Waals surface area contributed by atoms with Gasteiger partial charge < -0.3 is 5.73 Å². The number of aromatic nitrogens is 1. The predicted molar refractivity (Wildman–Crippen MR) is 67.5 cm³/mol. The second-order valence-electron chi connectivity index (χ2n) is 3.48. The van der Waals surface area contributed by atoms with Crippen molar-refractivity contribution < 1.29 is 0 Å². The summed E-state index contributed by atoms with van der Waals surface area (Å²) in [5, 5.41) is 9.16. The molecule has 1 heterocycles. The van der Waals surface area contributed by atoms with Gasteiger partial charge in [0.25, 0.3) is 0 Å². The van der Waals surface area contributed by atoms with Gasteiger partial charge in [-0.1, -0.05) is 23.2 Å². The van der Waals surface area contributed by atoms with Crippen molar-refractivity contribution in [2.75, 3.05) is 0 Å². The Morgan fingerprint density at radius 1 is 1.31 bits per heavy atom. The fourth-order valence-corrected chi connectivity index (χ4v) is 2.06. The van der Waals surface area contributed by atoms with Crippen LogP contribution < -0.4 is 5.73 Å². The van der Waals surface area contributed by atoms with Gasteiger partial charge in [0.05, 0.1) is 15.6 Å². The van der Waals surface area contributed by atoms with Crippen LogP contribution in [-0.2, 0) is 0 Å². The maximum Gasteiger partial charge on any atom is 0.123 e. The summed E-state index contributed by atoms with van der Waals surface area (Å²) >= 11 is 12.1. The topological polar surface area (TPSA) is 62.8 Å². The molecule has 1 aromatic heterocycles. The van der Waals surface area contributed by atoms with Crippen LogP contribution in [0.15, 0.2) is 18.2 Å². The van der Waals surface area contributed by atoms with Crippen LogP contribution in [0, 0.1) is 12.3 Å². The first kappa shape index (κ1) is 11.2. The quantitative estimate of drug-likeness (QED) is 0.606. The van der Waals surface area contributed by atoms with E-state index in [9.17, 15) is 0 Å². The summed E-state index contributed by atoms with van der Waals surface area (Å²) in [4.78, 5) is 4.31. The third-order valence-electron chi connectivity index (χ3n) is 2.28. The molecule has 0 unspecified atom stereocenters. The van der Waals surface area contributed by atoms with Gasteiger partial charge in [-0.3, -0.25) is 10.4 Å². The van der Waals surface area contributed by atoms with Crippen molar-refractivity contribution in [3.63, 3.8) is 0 Å². The third-order valence-corrected chi connectivity index (χ3v) is 2.90. The molecule has 0 aliphatic carbocycles. The fraction of sp³-hybridized carbons (Fsp3) is 0.0909. The SMILES string of the molecule is Cc1cc(C(=N)N)c2c(Cl)ccc(Cl)c2n1. The number of rotatable bonds is 1. The lowest BCUT2D eigenvalue weighted by molar-refractivity contribution is 1.24. The van der Waals surface area contributed by atoms with E-state index in [1.165, 1.54) is 0 Å². The summed E-state index contributed by atoms with van der Waals surface area (Å²) in [6.07, 6.45) is 0. The van der Waals surface area contributed by atoms with E-state index in [-0.39, 0.29) is 5.84 Å². The molecule has 5 heteroatoms. The van der Waals surface area contributed by atoms with Gasteiger partial charge in [0.1, 0.15) is 5.84 Å². The number of benzene rings is 1. The Bertz CT molecular complexity index is 593. The van der Waals surface area contributed by atoms with Crippen molar-refractivity contribution in [3.8, 4) is 0 Å². The van der Waals surface area contributed by atoms with Gasteiger partial charge in [0.2, 0.25) is 0 Å². The lowest BCUT2D eigenvalue weighted by Crippen LogP contribution is -2.12. The molecule has 0 aliphatic rings. The number of amidine groups is 1. The summed E-state index contributed by atoms with van der Waals surface area (Å²) in [7, 11) is 0. The standard InChI is InChI=1S/C11H9Cl2N3/c1-5-4-6(11(14)15)9-7(12)2-3-8(13)10(9)16-5/h2-4H,1H3,(H3,14,15). The van der Waals surface area contributed by atoms with Crippen LogP contribution in [0.25, 0.3) is 10.9 Å². The number of nitrogens with one attached hydrogen (secondary N) is 1. The lowest BCUT2D eigenvalue weighted by Gasteiger charge is -2.09. The Kier molecular flexibility index (Phi) is 2.74. The van der Waals surface area contributed by atoms with Crippen LogP contribution in [0.2, 0.25) is 10.0 Å². The van der Waals surface area contributed by atoms with E-state index in [2.05, 4.69) is 4.98 Å². The highest BCUT2D eigenvalue weighted by Crippen LogP contribution is 2.31. The van der Waals surface area contributed by atoms with Crippen molar-refractivity contribution >= 4 is 39.9 Å². The number of hydrogen-bond donors (Lipinski definition) is 2. The van der Waals surface area contributed by atoms with E-state index in [1.54, 1.807) is 18.2 Å². The fourth-order valence-electron chi connectivity index (χ4n) is 1.61. The van der Waals surface area contributed by atoms with Crippen molar-refractivity contribution in [1.29, 1.82) is 5.41 Å². The first-order valence-corrected chi connectivity index (χ1v) is 5.36. The van der Waals surface area contributed by atoms with E-state index in [0.29, 0.717) is 26.5 Å². The molecule has 3 N–H and O–H groups in total. The molecular weight excluding hydrogens is 245 g/mol. The summed E-state index contributed by atoms with van der Waals surface area (Å²) in [5.74, 6) is -0.0420. The van der Waals surface area contributed by atoms with Gasteiger partial charge in [0.15, 0.2) is 0 Å². The molecule has 82 valence electrons. The van der Waals surface area contributed by atoms with Gasteiger partial charge in [0, 0.05) is 16.6 Å². The van der Waals surface area contributed by atoms with Gasteiger partial charge in [-0.25, -0.2) is 0 Å². The molecular formula is C11H9Cl2N3. The van der Waals surface area contributed by atoms with Crippen LogP contribution in [0.4, 0.5) is 0 Å². The minimum absolute atomic E-state index is 0.0420. The molecule has 0 amide bonds. The van der Waals surface area contributed by atoms with E-state index in [4.69, 9.17) is 34.3 Å². The monoisotopic (exact) mass is 253 g/mol. The lowest BCUT2D eigenvalue weighted by atomic mass is 10.1. The molecule has 0 atom stereocenters. The molecule has 0 aliphatic heterocycles. The molecule has 0 saturated carbocycles. The Hall–Kier alpha value is -1.32. The van der Waals surface area contributed by atoms with E-state index in [1.807, 2.05) is 6.92 Å². The number of fused-ring (bicyclic) bond motifs is 1. The summed E-state index contributed by atoms with van der Waals surface area (Å²) in [6.45, 7) is 1.82. The van der Waals surface area contributed by atoms with Crippen molar-refractivity contribution in [2.45, 2.75) is 6.92 Å². The first-order valence-electron chi connectivity index (χ1n) is 4.60. The minimum atomic E-state index is -0.0420. The average Bonchev–Trinajstić information content (AvgIpc) is 2.22. The van der Waals surface area contributed by atoms with Crippen molar-refractivity contribution in [3.05, 3.63) is 39.5 Å². The average molecular weight is 254 g/mol. The van der Waals surface area contributed by atoms with Crippen molar-refractivity contribution in [1.82, 2.24) is 4.98 Å². The number of aryl methyl sites for hydroxylation is 1. The van der Waals surface area contributed by atoms with Crippen LogP contribution in [0.5, 0.6) is 0 Å². The molecule has 3 nitrogen and oxygen atoms in total. The Balaban J connectivity index is 3.00. The third kappa shape index (κ3) is 1.72. The zero-order valence-electron chi connectivity index (χ0n) is 8.51. The predicted octanol–water partition coefficient (Wildman–Crippen LogP) is 3.13. The minimum Gasteiger partial charge on any atom is -0.384 e. The molecule has 1 aromatic carbocycles. The van der Waals surface area contributed by atoms with Gasteiger partial charge in [-0.05, 0) is 25.1 Å². The maximum atomic E-state index is 7.53. The van der Waals surface area contributed by atoms with Gasteiger partial charge in [-0.15, -0.1) is 0 Å². The Morgan fingerprint density at radius 3 is 2.56 bits per heavy atom. The summed E-state index contributed by atoms with van der Waals surface area (Å²) in [5.41, 5.74) is 7.42. The molecule has 0 bridgehead atoms. The van der Waals surface area contributed by atoms with Crippen LogP contribution in [-0.4, -0.2) is 10.8 Å². The first-order chi connectivity index (χ1) is 7.50. The highest BCUT2D eigenvalue weighted by molar-refractivity contribution is 6.41. The number of hydrogen-bond acceptors (Lipinski definition) is 2. The number of nitrogens with two attached hydrogens (primary N) is 1. The molecule has 0 saturated heterocycles. The largest absolute Gasteiger partial charge is 0.384 e. The van der Waals surface area contributed by atoms with E-state index >= 15 is 0 Å². The van der Waals surface area contributed by atoms with E-state index < -0.39 is 0 Å². The normalized spacial score (nSPS) is 10.7. The number of nitrogen functional groups attached to an aromatic ring is 1. The summed E-state index contributed by atoms with van der Waals surface area (Å²) < 4.78 is 0. The smallest absolute Gasteiger partial charge is 0.123 e. The van der Waals surface area contributed by atoms with Crippen LogP contribution >= 0.6 is 23.2 Å². The maximum absolute atomic E-state index is 7.53. The number of halogens is 2. The molecule has 16 heavy (non-hydrogen) atoms. The molecule has 0 fully saturated rings. The number of pyridine rings is 1. The van der Waals surface area contributed by atoms with Crippen LogP contribution in [0.3, 0.4) is 0 Å². The van der Waals surface area contributed by atoms with Crippen LogP contribution in [0.1, 0.15) is 11.3 Å². The molecule has 0 radical (unpaired) electrons. The van der Waals surface area contributed by atoms with Gasteiger partial charge in [-0.2, -0.15) is 0 Å². The molecule has 0 spiro atoms. The van der Waals surface area contributed by atoms with Gasteiger partial charge >= 0.3 is 0 Å². The second-order valence-corrected chi connectivity index (χ2v) is 4.29. The second kappa shape index (κ2) is 3.92. The van der Waals surface area contributed by atoms with Crippen molar-refractivity contribution in [2.24, 2.45) is 5.73 Å². The highest BCUT2D eigenvalue weighted by atomic mass is 35.5.